The highest BCUT2D eigenvalue weighted by Crippen LogP contribution is 2.24. The van der Waals surface area contributed by atoms with Crippen molar-refractivity contribution in [2.75, 3.05) is 32.1 Å². The highest BCUT2D eigenvalue weighted by atomic mass is 16.5. The van der Waals surface area contributed by atoms with Gasteiger partial charge in [0.25, 0.3) is 0 Å². The Morgan fingerprint density at radius 3 is 2.61 bits per heavy atom. The van der Waals surface area contributed by atoms with E-state index in [9.17, 15) is 4.79 Å². The first kappa shape index (κ1) is 22.7. The number of aryl methyl sites for hydroxylation is 3. The zero-order valence-electron chi connectivity index (χ0n) is 19.5. The Balaban J connectivity index is 1.38. The molecular formula is C25H29N5O3. The van der Waals surface area contributed by atoms with E-state index in [0.717, 1.165) is 39.6 Å². The Labute approximate surface area is 194 Å². The van der Waals surface area contributed by atoms with Crippen LogP contribution >= 0.6 is 0 Å². The molecule has 1 fully saturated rings. The highest BCUT2D eigenvalue weighted by Gasteiger charge is 2.26. The van der Waals surface area contributed by atoms with Crippen molar-refractivity contribution in [1.82, 2.24) is 19.9 Å². The first-order valence-electron chi connectivity index (χ1n) is 11.0. The van der Waals surface area contributed by atoms with Crippen molar-refractivity contribution in [3.63, 3.8) is 0 Å². The van der Waals surface area contributed by atoms with Crippen LogP contribution in [0.25, 0.3) is 0 Å². The van der Waals surface area contributed by atoms with E-state index in [4.69, 9.17) is 9.47 Å². The van der Waals surface area contributed by atoms with E-state index >= 15 is 0 Å². The summed E-state index contributed by atoms with van der Waals surface area (Å²) in [6, 6.07) is 11.6. The number of ether oxygens (including phenoxy) is 2. The van der Waals surface area contributed by atoms with E-state index in [2.05, 4.69) is 20.3 Å². The number of anilines is 2. The minimum absolute atomic E-state index is 0.0816. The van der Waals surface area contributed by atoms with Gasteiger partial charge in [0.1, 0.15) is 11.9 Å². The summed E-state index contributed by atoms with van der Waals surface area (Å²) in [7, 11) is 1.65. The third kappa shape index (κ3) is 5.64. The van der Waals surface area contributed by atoms with Crippen molar-refractivity contribution in [3.8, 4) is 5.75 Å². The molecule has 33 heavy (non-hydrogen) atoms. The molecule has 8 heteroatoms. The van der Waals surface area contributed by atoms with Gasteiger partial charge in [-0.15, -0.1) is 0 Å². The predicted molar refractivity (Wildman–Crippen MR) is 126 cm³/mol. The van der Waals surface area contributed by atoms with Gasteiger partial charge in [0.2, 0.25) is 11.9 Å². The van der Waals surface area contributed by atoms with Gasteiger partial charge in [0.05, 0.1) is 44.3 Å². The number of pyridine rings is 1. The fourth-order valence-electron chi connectivity index (χ4n) is 3.97. The molecule has 0 saturated carbocycles. The van der Waals surface area contributed by atoms with Gasteiger partial charge in [-0.05, 0) is 56.2 Å². The van der Waals surface area contributed by atoms with Gasteiger partial charge in [-0.25, -0.2) is 9.97 Å². The first-order valence-corrected chi connectivity index (χ1v) is 11.0. The first-order chi connectivity index (χ1) is 15.9. The monoisotopic (exact) mass is 447 g/mol. The minimum Gasteiger partial charge on any atom is -0.496 e. The normalized spacial score (nSPS) is 15.9. The van der Waals surface area contributed by atoms with Gasteiger partial charge in [-0.2, -0.15) is 0 Å². The van der Waals surface area contributed by atoms with Gasteiger partial charge < -0.3 is 19.7 Å². The second kappa shape index (κ2) is 9.95. The van der Waals surface area contributed by atoms with Crippen molar-refractivity contribution >= 4 is 17.5 Å². The van der Waals surface area contributed by atoms with E-state index < -0.39 is 0 Å². The Kier molecular flexibility index (Phi) is 6.84. The molecule has 3 heterocycles. The fourth-order valence-corrected chi connectivity index (χ4v) is 3.97. The topological polar surface area (TPSA) is 89.5 Å². The van der Waals surface area contributed by atoms with Crippen LogP contribution in [0.15, 0.2) is 42.6 Å². The molecule has 1 aliphatic heterocycles. The third-order valence-electron chi connectivity index (χ3n) is 5.59. The van der Waals surface area contributed by atoms with Crippen molar-refractivity contribution in [1.29, 1.82) is 0 Å². The molecule has 1 amide bonds. The number of methoxy groups -OCH3 is 1. The molecule has 0 unspecified atom stereocenters. The molecule has 0 spiro atoms. The maximum absolute atomic E-state index is 12.9. The van der Waals surface area contributed by atoms with Crippen LogP contribution in [0.2, 0.25) is 0 Å². The SMILES string of the molecule is COc1ccc(CC(=O)N2CCO[C@@H](c3ccc(Nc4nc(C)cc(C)n4)cn3)C2)cc1C. The van der Waals surface area contributed by atoms with Crippen molar-refractivity contribution in [3.05, 3.63) is 70.8 Å². The van der Waals surface area contributed by atoms with Gasteiger partial charge in [-0.3, -0.25) is 9.78 Å². The molecule has 0 radical (unpaired) electrons. The van der Waals surface area contributed by atoms with E-state index in [1.54, 1.807) is 13.3 Å². The van der Waals surface area contributed by atoms with Gasteiger partial charge in [-0.1, -0.05) is 12.1 Å². The summed E-state index contributed by atoms with van der Waals surface area (Å²) in [6.45, 7) is 7.39. The molecule has 8 nitrogen and oxygen atoms in total. The van der Waals surface area contributed by atoms with Gasteiger partial charge in [0, 0.05) is 17.9 Å². The molecular weight excluding hydrogens is 418 g/mol. The molecule has 1 aliphatic rings. The third-order valence-corrected chi connectivity index (χ3v) is 5.59. The molecule has 1 N–H and O–H groups in total. The number of aromatic nitrogens is 3. The van der Waals surface area contributed by atoms with Crippen LogP contribution in [0.3, 0.4) is 0 Å². The average molecular weight is 448 g/mol. The van der Waals surface area contributed by atoms with E-state index in [-0.39, 0.29) is 12.0 Å². The summed E-state index contributed by atoms with van der Waals surface area (Å²) >= 11 is 0. The molecule has 1 saturated heterocycles. The summed E-state index contributed by atoms with van der Waals surface area (Å²) < 4.78 is 11.2. The number of carbonyl (C=O) groups excluding carboxylic acids is 1. The molecule has 172 valence electrons. The van der Waals surface area contributed by atoms with Crippen LogP contribution in [0.1, 0.15) is 34.3 Å². The Bertz CT molecular complexity index is 1110. The highest BCUT2D eigenvalue weighted by molar-refractivity contribution is 5.79. The maximum Gasteiger partial charge on any atom is 0.227 e. The number of nitrogens with zero attached hydrogens (tertiary/aromatic N) is 4. The number of amides is 1. The number of benzene rings is 1. The van der Waals surface area contributed by atoms with Crippen molar-refractivity contribution in [2.24, 2.45) is 0 Å². The molecule has 2 aromatic heterocycles. The largest absolute Gasteiger partial charge is 0.496 e. The van der Waals surface area contributed by atoms with E-state index in [1.807, 2.05) is 62.1 Å². The lowest BCUT2D eigenvalue weighted by molar-refractivity contribution is -0.138. The number of carbonyl (C=O) groups is 1. The van der Waals surface area contributed by atoms with E-state index in [0.29, 0.717) is 32.1 Å². The van der Waals surface area contributed by atoms with Crippen LogP contribution < -0.4 is 10.1 Å². The Morgan fingerprint density at radius 1 is 1.15 bits per heavy atom. The van der Waals surface area contributed by atoms with Crippen molar-refractivity contribution < 1.29 is 14.3 Å². The second-order valence-electron chi connectivity index (χ2n) is 8.25. The van der Waals surface area contributed by atoms with Crippen LogP contribution in [0.4, 0.5) is 11.6 Å². The molecule has 4 rings (SSSR count). The number of rotatable bonds is 6. The summed E-state index contributed by atoms with van der Waals surface area (Å²) in [5.41, 5.74) is 5.39. The van der Waals surface area contributed by atoms with Gasteiger partial charge in [0.15, 0.2) is 0 Å². The van der Waals surface area contributed by atoms with Crippen molar-refractivity contribution in [2.45, 2.75) is 33.3 Å². The number of hydrogen-bond acceptors (Lipinski definition) is 7. The van der Waals surface area contributed by atoms with Gasteiger partial charge >= 0.3 is 0 Å². The van der Waals surface area contributed by atoms with Crippen LogP contribution in [0.5, 0.6) is 5.75 Å². The summed E-state index contributed by atoms with van der Waals surface area (Å²) in [5, 5.41) is 3.18. The zero-order valence-corrected chi connectivity index (χ0v) is 19.5. The van der Waals surface area contributed by atoms with Crippen LogP contribution in [-0.4, -0.2) is 52.6 Å². The number of nitrogens with one attached hydrogen (secondary N) is 1. The number of morpholine rings is 1. The zero-order chi connectivity index (χ0) is 23.4. The van der Waals surface area contributed by atoms with Crippen LogP contribution in [-0.2, 0) is 16.0 Å². The quantitative estimate of drug-likeness (QED) is 0.616. The van der Waals surface area contributed by atoms with Crippen LogP contribution in [0, 0.1) is 20.8 Å². The Hall–Kier alpha value is -3.52. The average Bonchev–Trinajstić information content (AvgIpc) is 2.79. The molecule has 0 aliphatic carbocycles. The molecule has 1 aromatic carbocycles. The molecule has 0 bridgehead atoms. The predicted octanol–water partition coefficient (Wildman–Crippen LogP) is 3.69. The second-order valence-corrected chi connectivity index (χ2v) is 8.25. The fraction of sp³-hybridized carbons (Fsp3) is 0.360. The summed E-state index contributed by atoms with van der Waals surface area (Å²) in [5.74, 6) is 1.45. The smallest absolute Gasteiger partial charge is 0.227 e. The lowest BCUT2D eigenvalue weighted by Crippen LogP contribution is -2.43. The molecule has 1 atom stereocenters. The molecule has 3 aromatic rings. The minimum atomic E-state index is -0.258. The number of hydrogen-bond donors (Lipinski definition) is 1. The Morgan fingerprint density at radius 2 is 1.94 bits per heavy atom. The lowest BCUT2D eigenvalue weighted by Gasteiger charge is -2.33. The lowest BCUT2D eigenvalue weighted by atomic mass is 10.1. The maximum atomic E-state index is 12.9. The summed E-state index contributed by atoms with van der Waals surface area (Å²) in [4.78, 5) is 28.1. The standard InChI is InChI=1S/C25H29N5O3/c1-16-11-19(5-8-22(16)32-4)13-24(31)30-9-10-33-23(15-30)21-7-6-20(14-26-21)29-25-27-17(2)12-18(3)28-25/h5-8,11-12,14,23H,9-10,13,15H2,1-4H3,(H,27,28,29)/t23-/m1/s1. The van der Waals surface area contributed by atoms with E-state index in [1.165, 1.54) is 0 Å². The summed E-state index contributed by atoms with van der Waals surface area (Å²) in [6.07, 6.45) is 1.83.